The zero-order valence-corrected chi connectivity index (χ0v) is 15.9. The summed E-state index contributed by atoms with van der Waals surface area (Å²) in [7, 11) is 1.45. The lowest BCUT2D eigenvalue weighted by molar-refractivity contribution is -0.143. The summed E-state index contributed by atoms with van der Waals surface area (Å²) < 4.78 is 4.39. The van der Waals surface area contributed by atoms with Crippen molar-refractivity contribution < 1.29 is 9.53 Å². The van der Waals surface area contributed by atoms with Crippen LogP contribution in [0.4, 0.5) is 0 Å². The highest BCUT2D eigenvalue weighted by atomic mass is 32.2. The van der Waals surface area contributed by atoms with Gasteiger partial charge in [-0.1, -0.05) is 66.7 Å². The average molecular weight is 362 g/mol. The summed E-state index contributed by atoms with van der Waals surface area (Å²) in [6.45, 7) is 5.97. The van der Waals surface area contributed by atoms with E-state index in [2.05, 4.69) is 37.8 Å². The summed E-state index contributed by atoms with van der Waals surface area (Å²) in [4.78, 5) is 14.2. The van der Waals surface area contributed by atoms with E-state index in [9.17, 15) is 4.79 Å². The molecule has 3 rings (SSSR count). The van der Waals surface area contributed by atoms with Gasteiger partial charge in [0.25, 0.3) is 0 Å². The molecule has 0 aromatic heterocycles. The fourth-order valence-electron chi connectivity index (χ4n) is 3.25. The molecule has 2 nitrogen and oxygen atoms in total. The Labute approximate surface area is 158 Å². The number of ether oxygens (including phenoxy) is 1. The van der Waals surface area contributed by atoms with Crippen LogP contribution in [0.1, 0.15) is 17.5 Å². The fraction of sp³-hybridized carbons (Fsp3) is 0.174. The molecule has 0 amide bonds. The van der Waals surface area contributed by atoms with Gasteiger partial charge in [0, 0.05) is 4.90 Å². The van der Waals surface area contributed by atoms with E-state index in [1.807, 2.05) is 42.5 Å². The highest BCUT2D eigenvalue weighted by Crippen LogP contribution is 2.48. The summed E-state index contributed by atoms with van der Waals surface area (Å²) in [6, 6.07) is 22.3. The minimum atomic E-state index is -0.885. The molecule has 0 heterocycles. The molecule has 0 saturated heterocycles. The van der Waals surface area contributed by atoms with E-state index in [0.29, 0.717) is 6.42 Å². The first-order chi connectivity index (χ1) is 12.6. The normalized spacial score (nSPS) is 13.2. The van der Waals surface area contributed by atoms with Crippen molar-refractivity contribution in [3.63, 3.8) is 0 Å². The van der Waals surface area contributed by atoms with Crippen molar-refractivity contribution in [2.24, 2.45) is 0 Å². The molecule has 3 heteroatoms. The van der Waals surface area contributed by atoms with E-state index in [-0.39, 0.29) is 5.97 Å². The third-order valence-electron chi connectivity index (χ3n) is 4.55. The predicted octanol–water partition coefficient (Wildman–Crippen LogP) is 5.88. The number of methoxy groups -OCH3 is 1. The Kier molecular flexibility index (Phi) is 5.48. The van der Waals surface area contributed by atoms with Gasteiger partial charge >= 0.3 is 5.97 Å². The molecule has 0 aliphatic carbocycles. The summed E-state index contributed by atoms with van der Waals surface area (Å²) in [5.41, 5.74) is 2.09. The summed E-state index contributed by atoms with van der Waals surface area (Å²) in [5.74, 6) is -0.262. The van der Waals surface area contributed by atoms with Crippen molar-refractivity contribution in [1.82, 2.24) is 0 Å². The number of rotatable bonds is 6. The number of allylic oxidation sites excluding steroid dienone is 1. The van der Waals surface area contributed by atoms with Crippen LogP contribution >= 0.6 is 11.8 Å². The standard InChI is InChI=1S/C23H22O2S/c1-4-16-23(22(24)25-3,26-21-15-8-5-10-17(21)2)20-14-9-12-18-11-6-7-13-19(18)20/h4-15H,1,16H2,2-3H3. The Bertz CT molecular complexity index is 942. The van der Waals surface area contributed by atoms with E-state index < -0.39 is 4.75 Å². The third-order valence-corrected chi connectivity index (χ3v) is 6.13. The summed E-state index contributed by atoms with van der Waals surface area (Å²) >= 11 is 1.54. The number of esters is 1. The monoisotopic (exact) mass is 362 g/mol. The largest absolute Gasteiger partial charge is 0.468 e. The number of carbonyl (C=O) groups excluding carboxylic acids is 1. The maximum atomic E-state index is 13.1. The number of benzene rings is 3. The molecule has 0 bridgehead atoms. The van der Waals surface area contributed by atoms with Gasteiger partial charge in [0.15, 0.2) is 0 Å². The minimum Gasteiger partial charge on any atom is -0.468 e. The van der Waals surface area contributed by atoms with Crippen molar-refractivity contribution in [2.45, 2.75) is 23.0 Å². The smallest absolute Gasteiger partial charge is 0.327 e. The first-order valence-electron chi connectivity index (χ1n) is 8.54. The van der Waals surface area contributed by atoms with Gasteiger partial charge in [-0.15, -0.1) is 18.3 Å². The van der Waals surface area contributed by atoms with Crippen LogP contribution < -0.4 is 0 Å². The van der Waals surface area contributed by atoms with Crippen molar-refractivity contribution in [3.8, 4) is 0 Å². The minimum absolute atomic E-state index is 0.262. The van der Waals surface area contributed by atoms with Crippen LogP contribution in [-0.4, -0.2) is 13.1 Å². The second-order valence-electron chi connectivity index (χ2n) is 6.21. The van der Waals surface area contributed by atoms with Crippen LogP contribution in [0.5, 0.6) is 0 Å². The molecule has 0 radical (unpaired) electrons. The molecule has 26 heavy (non-hydrogen) atoms. The number of thioether (sulfide) groups is 1. The van der Waals surface area contributed by atoms with Gasteiger partial charge in [-0.25, -0.2) is 0 Å². The van der Waals surface area contributed by atoms with Crippen LogP contribution in [0.2, 0.25) is 0 Å². The Hall–Kier alpha value is -2.52. The van der Waals surface area contributed by atoms with Gasteiger partial charge in [-0.05, 0) is 41.3 Å². The maximum absolute atomic E-state index is 13.1. The SMILES string of the molecule is C=CCC(Sc1ccccc1C)(C(=O)OC)c1cccc2ccccc12. The lowest BCUT2D eigenvalue weighted by atomic mass is 9.90. The van der Waals surface area contributed by atoms with Gasteiger partial charge in [-0.3, -0.25) is 4.79 Å². The van der Waals surface area contributed by atoms with Gasteiger partial charge in [-0.2, -0.15) is 0 Å². The zero-order chi connectivity index (χ0) is 18.6. The second kappa shape index (κ2) is 7.79. The molecule has 132 valence electrons. The Morgan fingerprint density at radius 3 is 2.50 bits per heavy atom. The second-order valence-corrected chi connectivity index (χ2v) is 7.55. The van der Waals surface area contributed by atoms with Gasteiger partial charge < -0.3 is 4.74 Å². The molecule has 1 unspecified atom stereocenters. The van der Waals surface area contributed by atoms with E-state index in [1.165, 1.54) is 7.11 Å². The van der Waals surface area contributed by atoms with E-state index in [4.69, 9.17) is 4.74 Å². The number of hydrogen-bond donors (Lipinski definition) is 0. The molecule has 3 aromatic carbocycles. The van der Waals surface area contributed by atoms with Crippen molar-refractivity contribution in [3.05, 3.63) is 90.5 Å². The molecule has 3 aromatic rings. The Morgan fingerprint density at radius 2 is 1.77 bits per heavy atom. The molecule has 1 atom stereocenters. The van der Waals surface area contributed by atoms with Crippen molar-refractivity contribution >= 4 is 28.5 Å². The number of hydrogen-bond acceptors (Lipinski definition) is 3. The van der Waals surface area contributed by atoms with Gasteiger partial charge in [0.2, 0.25) is 0 Å². The van der Waals surface area contributed by atoms with Gasteiger partial charge in [0.05, 0.1) is 7.11 Å². The van der Waals surface area contributed by atoms with E-state index >= 15 is 0 Å². The fourth-order valence-corrected chi connectivity index (χ4v) is 4.65. The first-order valence-corrected chi connectivity index (χ1v) is 9.36. The van der Waals surface area contributed by atoms with Crippen LogP contribution in [0, 0.1) is 6.92 Å². The average Bonchev–Trinajstić information content (AvgIpc) is 2.68. The summed E-state index contributed by atoms with van der Waals surface area (Å²) in [5, 5.41) is 2.16. The molecule has 0 saturated carbocycles. The van der Waals surface area contributed by atoms with Crippen LogP contribution in [0.25, 0.3) is 10.8 Å². The number of carbonyl (C=O) groups is 1. The quantitative estimate of drug-likeness (QED) is 0.311. The first kappa shape index (κ1) is 18.3. The van der Waals surface area contributed by atoms with Crippen LogP contribution in [0.3, 0.4) is 0 Å². The molecule has 0 spiro atoms. The third kappa shape index (κ3) is 3.27. The molecule has 0 N–H and O–H groups in total. The molecular weight excluding hydrogens is 340 g/mol. The zero-order valence-electron chi connectivity index (χ0n) is 15.1. The number of fused-ring (bicyclic) bond motifs is 1. The predicted molar refractivity (Wildman–Crippen MR) is 109 cm³/mol. The maximum Gasteiger partial charge on any atom is 0.327 e. The number of aryl methyl sites for hydroxylation is 1. The summed E-state index contributed by atoms with van der Waals surface area (Å²) in [6.07, 6.45) is 2.27. The topological polar surface area (TPSA) is 26.3 Å². The van der Waals surface area contributed by atoms with Gasteiger partial charge in [0.1, 0.15) is 4.75 Å². The molecule has 0 aliphatic rings. The van der Waals surface area contributed by atoms with Crippen molar-refractivity contribution in [2.75, 3.05) is 7.11 Å². The lowest BCUT2D eigenvalue weighted by Crippen LogP contribution is -2.33. The highest BCUT2D eigenvalue weighted by Gasteiger charge is 2.43. The Balaban J connectivity index is 2.27. The molecule has 0 aliphatic heterocycles. The van der Waals surface area contributed by atoms with E-state index in [0.717, 1.165) is 26.8 Å². The lowest BCUT2D eigenvalue weighted by Gasteiger charge is -2.31. The van der Waals surface area contributed by atoms with Crippen LogP contribution in [-0.2, 0) is 14.3 Å². The van der Waals surface area contributed by atoms with Crippen LogP contribution in [0.15, 0.2) is 84.3 Å². The Morgan fingerprint density at radius 1 is 1.08 bits per heavy atom. The molecular formula is C23H22O2S. The molecule has 0 fully saturated rings. The van der Waals surface area contributed by atoms with Crippen molar-refractivity contribution in [1.29, 1.82) is 0 Å². The van der Waals surface area contributed by atoms with E-state index in [1.54, 1.807) is 17.8 Å². The highest BCUT2D eigenvalue weighted by molar-refractivity contribution is 8.01.